The molecule has 2 heterocycles. The van der Waals surface area contributed by atoms with E-state index in [0.29, 0.717) is 24.8 Å². The maximum absolute atomic E-state index is 11.2. The van der Waals surface area contributed by atoms with Gasteiger partial charge in [-0.1, -0.05) is 50.7 Å². The lowest BCUT2D eigenvalue weighted by Gasteiger charge is -2.23. The summed E-state index contributed by atoms with van der Waals surface area (Å²) in [7, 11) is 1.45. The molecule has 1 unspecified atom stereocenters. The lowest BCUT2D eigenvalue weighted by Crippen LogP contribution is -2.23. The summed E-state index contributed by atoms with van der Waals surface area (Å²) in [5.41, 5.74) is 4.01. The monoisotopic (exact) mass is 622 g/mol. The molecule has 0 amide bonds. The topological polar surface area (TPSA) is 94.0 Å². The molecule has 3 aromatic rings. The van der Waals surface area contributed by atoms with E-state index in [0.717, 1.165) is 54.8 Å². The maximum Gasteiger partial charge on any atom is 0.305 e. The number of imidazole rings is 1. The van der Waals surface area contributed by atoms with E-state index < -0.39 is 0 Å². The highest BCUT2D eigenvalue weighted by Crippen LogP contribution is 2.32. The number of ether oxygens (including phenoxy) is 1. The lowest BCUT2D eigenvalue weighted by atomic mass is 9.95. The van der Waals surface area contributed by atoms with E-state index >= 15 is 0 Å². The molecular weight excluding hydrogens is 586 g/mol. The van der Waals surface area contributed by atoms with Crippen LogP contribution in [-0.2, 0) is 16.0 Å². The fraction of sp³-hybridized carbons (Fsp3) is 0.538. The van der Waals surface area contributed by atoms with Gasteiger partial charge in [0.05, 0.1) is 13.5 Å². The predicted molar refractivity (Wildman–Crippen MR) is 157 cm³/mol. The molecule has 8 nitrogen and oxygen atoms in total. The summed E-state index contributed by atoms with van der Waals surface area (Å²) in [6.07, 6.45) is 15.7. The van der Waals surface area contributed by atoms with Crippen molar-refractivity contribution < 1.29 is 9.53 Å². The Morgan fingerprint density at radius 2 is 1.83 bits per heavy atom. The fourth-order valence-corrected chi connectivity index (χ4v) is 6.07. The first-order chi connectivity index (χ1) is 17.7. The molecule has 36 heavy (non-hydrogen) atoms. The van der Waals surface area contributed by atoms with E-state index in [2.05, 4.69) is 71.0 Å². The molecule has 0 radical (unpaired) electrons. The van der Waals surface area contributed by atoms with Crippen LogP contribution in [0.1, 0.15) is 76.2 Å². The van der Waals surface area contributed by atoms with Crippen LogP contribution in [0.5, 0.6) is 0 Å². The van der Waals surface area contributed by atoms with Crippen LogP contribution in [0.3, 0.4) is 0 Å². The first-order valence-electron chi connectivity index (χ1n) is 13.0. The molecule has 4 rings (SSSR count). The minimum Gasteiger partial charge on any atom is -0.469 e. The van der Waals surface area contributed by atoms with Gasteiger partial charge >= 0.3 is 5.97 Å². The number of hydrogen-bond donors (Lipinski definition) is 2. The average Bonchev–Trinajstić information content (AvgIpc) is 3.33. The lowest BCUT2D eigenvalue weighted by molar-refractivity contribution is -0.140. The van der Waals surface area contributed by atoms with Crippen LogP contribution in [0, 0.1) is 0 Å². The first-order valence-corrected chi connectivity index (χ1v) is 17.0. The zero-order valence-corrected chi connectivity index (χ0v) is 24.1. The number of unbranched alkanes of at least 4 members (excludes halogenated alkanes) is 4. The number of methoxy groups -OCH3 is 1. The van der Waals surface area contributed by atoms with Crippen molar-refractivity contribution in [1.29, 1.82) is 0 Å². The molecule has 0 spiro atoms. The van der Waals surface area contributed by atoms with Gasteiger partial charge in [0.2, 0.25) is 5.95 Å². The number of hydrogen-bond acceptors (Lipinski definition) is 7. The number of fused-ring (bicyclic) bond motifs is 1. The summed E-state index contributed by atoms with van der Waals surface area (Å²) in [5.74, 6) is 1.31. The highest BCUT2D eigenvalue weighted by atomic mass is 127. The second-order valence-corrected chi connectivity index (χ2v) is 11.5. The predicted octanol–water partition coefficient (Wildman–Crippen LogP) is 7.16. The average molecular weight is 622 g/mol. The number of esters is 1. The van der Waals surface area contributed by atoms with Gasteiger partial charge in [-0.3, -0.25) is 9.13 Å². The molecule has 0 aliphatic heterocycles. The smallest absolute Gasteiger partial charge is 0.305 e. The summed E-state index contributed by atoms with van der Waals surface area (Å²) in [5, 5.41) is 7.06. The summed E-state index contributed by atoms with van der Waals surface area (Å²) >= 11 is 2.36. The summed E-state index contributed by atoms with van der Waals surface area (Å²) in [6, 6.07) is 9.00. The van der Waals surface area contributed by atoms with Gasteiger partial charge in [0.15, 0.2) is 17.0 Å². The second kappa shape index (κ2) is 14.1. The zero-order chi connectivity index (χ0) is 25.2. The number of nitrogens with zero attached hydrogens (tertiary/aromatic N) is 4. The third-order valence-corrected chi connectivity index (χ3v) is 8.79. The Kier molecular flexibility index (Phi) is 10.6. The van der Waals surface area contributed by atoms with Crippen molar-refractivity contribution in [2.24, 2.45) is 0 Å². The Bertz CT molecular complexity index is 1120. The van der Waals surface area contributed by atoms with E-state index in [4.69, 9.17) is 9.97 Å². The van der Waals surface area contributed by atoms with Gasteiger partial charge in [0.25, 0.3) is 0 Å². The number of anilines is 3. The fourth-order valence-electron chi connectivity index (χ4n) is 4.67. The number of halogens is 1. The molecule has 2 aromatic heterocycles. The molecule has 1 fully saturated rings. The molecule has 2 N–H and O–H groups in total. The highest BCUT2D eigenvalue weighted by Gasteiger charge is 2.18. The van der Waals surface area contributed by atoms with Crippen molar-refractivity contribution in [1.82, 2.24) is 19.3 Å². The van der Waals surface area contributed by atoms with E-state index in [9.17, 15) is 4.79 Å². The van der Waals surface area contributed by atoms with E-state index in [1.165, 1.54) is 51.2 Å². The number of rotatable bonds is 13. The van der Waals surface area contributed by atoms with Crippen molar-refractivity contribution in [3.8, 4) is 0 Å². The van der Waals surface area contributed by atoms with Crippen LogP contribution >= 0.6 is 28.4 Å². The molecular formula is C26H36IN6O2P. The van der Waals surface area contributed by atoms with Crippen LogP contribution in [0.2, 0.25) is 0 Å². The van der Waals surface area contributed by atoms with Crippen molar-refractivity contribution in [2.45, 2.75) is 83.1 Å². The summed E-state index contributed by atoms with van der Waals surface area (Å²) < 4.78 is 6.76. The molecule has 1 saturated carbocycles. The number of aryl methyl sites for hydroxylation is 1. The van der Waals surface area contributed by atoms with Crippen LogP contribution in [0.15, 0.2) is 30.6 Å². The Balaban J connectivity index is 1.33. The molecule has 0 saturated heterocycles. The number of nitrogens with one attached hydrogen (secondary N) is 2. The largest absolute Gasteiger partial charge is 0.469 e. The van der Waals surface area contributed by atoms with Crippen molar-refractivity contribution in [3.05, 3.63) is 36.2 Å². The van der Waals surface area contributed by atoms with Crippen LogP contribution in [0.4, 0.5) is 17.5 Å². The van der Waals surface area contributed by atoms with Gasteiger partial charge in [0.1, 0.15) is 6.33 Å². The van der Waals surface area contributed by atoms with Gasteiger partial charge < -0.3 is 15.4 Å². The summed E-state index contributed by atoms with van der Waals surface area (Å²) in [4.78, 5) is 25.4. The van der Waals surface area contributed by atoms with Gasteiger partial charge in [-0.2, -0.15) is 9.97 Å². The van der Waals surface area contributed by atoms with Crippen LogP contribution in [0.25, 0.3) is 11.2 Å². The molecule has 1 aliphatic rings. The maximum atomic E-state index is 11.2. The normalized spacial score (nSPS) is 14.5. The van der Waals surface area contributed by atoms with E-state index in [1.807, 2.05) is 6.33 Å². The zero-order valence-electron chi connectivity index (χ0n) is 20.9. The van der Waals surface area contributed by atoms with Crippen molar-refractivity contribution in [3.63, 3.8) is 0 Å². The molecule has 10 heteroatoms. The number of carbonyl (C=O) groups excluding carboxylic acids is 1. The van der Waals surface area contributed by atoms with Crippen LogP contribution in [-0.4, -0.2) is 38.4 Å². The minimum atomic E-state index is -0.110. The molecule has 1 aliphatic carbocycles. The Morgan fingerprint density at radius 1 is 1.08 bits per heavy atom. The minimum absolute atomic E-state index is 0.110. The SMILES string of the molecule is COC(=O)CCCCCCCc1ccc(Nc2nc(NC3CCCCC3)c3ncn(PI)c3n2)cc1. The Hall–Kier alpha value is -2.00. The van der Waals surface area contributed by atoms with Gasteiger partial charge in [-0.15, -0.1) is 0 Å². The molecule has 0 bridgehead atoms. The van der Waals surface area contributed by atoms with E-state index in [-0.39, 0.29) is 5.97 Å². The van der Waals surface area contributed by atoms with Crippen LogP contribution < -0.4 is 10.6 Å². The highest BCUT2D eigenvalue weighted by molar-refractivity contribution is 14.2. The van der Waals surface area contributed by atoms with Gasteiger partial charge in [0, 0.05) is 18.2 Å². The second-order valence-electron chi connectivity index (χ2n) is 9.41. The first kappa shape index (κ1) is 27.0. The molecule has 1 aromatic carbocycles. The quantitative estimate of drug-likeness (QED) is 0.0904. The number of carbonyl (C=O) groups is 1. The van der Waals surface area contributed by atoms with Gasteiger partial charge in [-0.25, -0.2) is 4.98 Å². The van der Waals surface area contributed by atoms with E-state index in [1.54, 1.807) is 0 Å². The van der Waals surface area contributed by atoms with Gasteiger partial charge in [-0.05, 0) is 71.8 Å². The number of aromatic nitrogens is 4. The van der Waals surface area contributed by atoms with Crippen molar-refractivity contribution in [2.75, 3.05) is 17.7 Å². The molecule has 194 valence electrons. The Morgan fingerprint density at radius 3 is 2.58 bits per heavy atom. The standard InChI is InChI=1S/C26H36IN6O2P/c1-35-22(34)13-9-4-2-3-6-10-19-14-16-21(17-15-19)30-26-31-24(29-20-11-7-5-8-12-20)23-25(32-26)33(36-27)18-28-23/h14-18,20,36H,2-13H2,1H3,(H2,29,30,31,32). The number of benzene rings is 1. The third-order valence-electron chi connectivity index (χ3n) is 6.72. The summed E-state index contributed by atoms with van der Waals surface area (Å²) in [6.45, 7) is 0. The Labute approximate surface area is 228 Å². The molecule has 1 atom stereocenters. The van der Waals surface area contributed by atoms with Crippen molar-refractivity contribution >= 4 is 63.0 Å². The third kappa shape index (κ3) is 7.75.